The highest BCUT2D eigenvalue weighted by molar-refractivity contribution is 9.10. The van der Waals surface area contributed by atoms with Crippen molar-refractivity contribution in [3.8, 4) is 0 Å². The van der Waals surface area contributed by atoms with Crippen molar-refractivity contribution in [1.29, 1.82) is 0 Å². The largest absolute Gasteiger partial charge is 0.469 e. The number of halogens is 1. The maximum absolute atomic E-state index is 11.5. The van der Waals surface area contributed by atoms with Gasteiger partial charge in [-0.15, -0.1) is 0 Å². The van der Waals surface area contributed by atoms with Crippen LogP contribution in [0.2, 0.25) is 0 Å². The summed E-state index contributed by atoms with van der Waals surface area (Å²) in [5.41, 5.74) is 0. The van der Waals surface area contributed by atoms with Crippen LogP contribution in [0.3, 0.4) is 0 Å². The minimum Gasteiger partial charge on any atom is -0.469 e. The lowest BCUT2D eigenvalue weighted by atomic mass is 9.94. The first-order chi connectivity index (χ1) is 7.22. The van der Waals surface area contributed by atoms with E-state index < -0.39 is 0 Å². The highest BCUT2D eigenvalue weighted by atomic mass is 79.9. The van der Waals surface area contributed by atoms with Gasteiger partial charge in [0.2, 0.25) is 0 Å². The molecule has 1 aromatic rings. The van der Waals surface area contributed by atoms with Gasteiger partial charge in [0.1, 0.15) is 5.76 Å². The minimum atomic E-state index is -0.183. The number of hydrogen-bond acceptors (Lipinski definition) is 4. The second kappa shape index (κ2) is 4.37. The van der Waals surface area contributed by atoms with Crippen LogP contribution >= 0.6 is 15.9 Å². The molecule has 1 saturated heterocycles. The Morgan fingerprint density at radius 1 is 1.60 bits per heavy atom. The van der Waals surface area contributed by atoms with E-state index in [4.69, 9.17) is 9.15 Å². The molecule has 1 aliphatic rings. The van der Waals surface area contributed by atoms with E-state index in [1.54, 1.807) is 0 Å². The molecule has 4 nitrogen and oxygen atoms in total. The standard InChI is InChI=1S/C10H12BrNO3/c1-14-10(13)7-5-12-4-6(7)8-2-3-9(11)15-8/h2-3,6-7,12H,4-5H2,1H3/t6-,7-/m0/s1. The summed E-state index contributed by atoms with van der Waals surface area (Å²) in [5, 5.41) is 3.17. The van der Waals surface area contributed by atoms with Crippen LogP contribution in [0.4, 0.5) is 0 Å². The van der Waals surface area contributed by atoms with Crippen molar-refractivity contribution < 1.29 is 13.9 Å². The van der Waals surface area contributed by atoms with E-state index in [1.165, 1.54) is 7.11 Å². The van der Waals surface area contributed by atoms with E-state index in [9.17, 15) is 4.79 Å². The average Bonchev–Trinajstić information content (AvgIpc) is 2.84. The molecule has 2 heterocycles. The topological polar surface area (TPSA) is 51.5 Å². The number of hydrogen-bond donors (Lipinski definition) is 1. The van der Waals surface area contributed by atoms with Crippen molar-refractivity contribution in [1.82, 2.24) is 5.32 Å². The molecule has 0 unspecified atom stereocenters. The Bertz CT molecular complexity index is 363. The number of carbonyl (C=O) groups excluding carboxylic acids is 1. The predicted molar refractivity (Wildman–Crippen MR) is 57.5 cm³/mol. The summed E-state index contributed by atoms with van der Waals surface area (Å²) in [6, 6.07) is 3.72. The molecule has 0 saturated carbocycles. The van der Waals surface area contributed by atoms with Gasteiger partial charge < -0.3 is 14.5 Å². The lowest BCUT2D eigenvalue weighted by Crippen LogP contribution is -2.22. The van der Waals surface area contributed by atoms with Crippen LogP contribution in [-0.2, 0) is 9.53 Å². The van der Waals surface area contributed by atoms with Crippen molar-refractivity contribution in [2.24, 2.45) is 5.92 Å². The molecule has 5 heteroatoms. The summed E-state index contributed by atoms with van der Waals surface area (Å²) in [4.78, 5) is 11.5. The van der Waals surface area contributed by atoms with E-state index in [2.05, 4.69) is 21.2 Å². The van der Waals surface area contributed by atoms with Crippen molar-refractivity contribution in [3.63, 3.8) is 0 Å². The summed E-state index contributed by atoms with van der Waals surface area (Å²) in [6.07, 6.45) is 0. The molecule has 15 heavy (non-hydrogen) atoms. The summed E-state index contributed by atoms with van der Waals surface area (Å²) in [7, 11) is 1.41. The summed E-state index contributed by atoms with van der Waals surface area (Å²) >= 11 is 3.25. The Kier molecular flexibility index (Phi) is 3.11. The fourth-order valence-corrected chi connectivity index (χ4v) is 2.22. The maximum atomic E-state index is 11.5. The van der Waals surface area contributed by atoms with Crippen LogP contribution < -0.4 is 5.32 Å². The molecule has 0 amide bonds. The quantitative estimate of drug-likeness (QED) is 0.831. The van der Waals surface area contributed by atoms with Crippen LogP contribution in [0.25, 0.3) is 0 Å². The van der Waals surface area contributed by atoms with Crippen LogP contribution in [0.5, 0.6) is 0 Å². The van der Waals surface area contributed by atoms with Crippen LogP contribution in [-0.4, -0.2) is 26.2 Å². The zero-order chi connectivity index (χ0) is 10.8. The molecule has 1 N–H and O–H groups in total. The first kappa shape index (κ1) is 10.7. The first-order valence-electron chi connectivity index (χ1n) is 4.76. The summed E-state index contributed by atoms with van der Waals surface area (Å²) in [6.45, 7) is 1.40. The van der Waals surface area contributed by atoms with Crippen LogP contribution in [0.1, 0.15) is 11.7 Å². The molecule has 2 atom stereocenters. The van der Waals surface area contributed by atoms with E-state index in [0.29, 0.717) is 11.2 Å². The molecule has 0 aliphatic carbocycles. The molecule has 0 bridgehead atoms. The third-order valence-corrected chi connectivity index (χ3v) is 3.10. The Balaban J connectivity index is 2.18. The van der Waals surface area contributed by atoms with Crippen molar-refractivity contribution in [2.45, 2.75) is 5.92 Å². The van der Waals surface area contributed by atoms with E-state index in [1.807, 2.05) is 12.1 Å². The van der Waals surface area contributed by atoms with Crippen LogP contribution in [0.15, 0.2) is 21.2 Å². The van der Waals surface area contributed by atoms with Gasteiger partial charge in [0.25, 0.3) is 0 Å². The van der Waals surface area contributed by atoms with Crippen molar-refractivity contribution >= 4 is 21.9 Å². The second-order valence-electron chi connectivity index (χ2n) is 3.54. The molecule has 0 radical (unpaired) electrons. The number of carbonyl (C=O) groups is 1. The molecule has 1 aliphatic heterocycles. The smallest absolute Gasteiger partial charge is 0.310 e. The lowest BCUT2D eigenvalue weighted by Gasteiger charge is -2.13. The number of ether oxygens (including phenoxy) is 1. The normalized spacial score (nSPS) is 25.5. The van der Waals surface area contributed by atoms with Gasteiger partial charge in [0.05, 0.1) is 13.0 Å². The van der Waals surface area contributed by atoms with Crippen molar-refractivity contribution in [2.75, 3.05) is 20.2 Å². The number of esters is 1. The van der Waals surface area contributed by atoms with Crippen molar-refractivity contribution in [3.05, 3.63) is 22.6 Å². The lowest BCUT2D eigenvalue weighted by molar-refractivity contribution is -0.145. The number of nitrogens with one attached hydrogen (secondary N) is 1. The highest BCUT2D eigenvalue weighted by Gasteiger charge is 2.36. The maximum Gasteiger partial charge on any atom is 0.310 e. The van der Waals surface area contributed by atoms with E-state index in [-0.39, 0.29) is 17.8 Å². The fourth-order valence-electron chi connectivity index (χ4n) is 1.90. The molecular weight excluding hydrogens is 262 g/mol. The first-order valence-corrected chi connectivity index (χ1v) is 5.55. The Morgan fingerprint density at radius 2 is 2.40 bits per heavy atom. The minimum absolute atomic E-state index is 0.0729. The molecule has 2 rings (SSSR count). The zero-order valence-electron chi connectivity index (χ0n) is 8.33. The third kappa shape index (κ3) is 2.08. The Hall–Kier alpha value is -0.810. The third-order valence-electron chi connectivity index (χ3n) is 2.68. The summed E-state index contributed by atoms with van der Waals surface area (Å²) < 4.78 is 10.9. The molecule has 0 aromatic carbocycles. The zero-order valence-corrected chi connectivity index (χ0v) is 9.91. The Morgan fingerprint density at radius 3 is 3.00 bits per heavy atom. The monoisotopic (exact) mass is 273 g/mol. The predicted octanol–water partition coefficient (Wildman–Crippen LogP) is 1.52. The molecule has 1 fully saturated rings. The molecule has 0 spiro atoms. The van der Waals surface area contributed by atoms with Gasteiger partial charge in [-0.25, -0.2) is 0 Å². The highest BCUT2D eigenvalue weighted by Crippen LogP contribution is 2.31. The van der Waals surface area contributed by atoms with E-state index >= 15 is 0 Å². The van der Waals surface area contributed by atoms with Crippen LogP contribution in [0, 0.1) is 5.92 Å². The number of methoxy groups -OCH3 is 1. The summed E-state index contributed by atoms with van der Waals surface area (Å²) in [5.74, 6) is 0.566. The molecular formula is C10H12BrNO3. The van der Waals surface area contributed by atoms with Gasteiger partial charge in [-0.1, -0.05) is 0 Å². The van der Waals surface area contributed by atoms with E-state index in [0.717, 1.165) is 12.3 Å². The molecule has 1 aromatic heterocycles. The number of rotatable bonds is 2. The van der Waals surface area contributed by atoms with Gasteiger partial charge in [0, 0.05) is 19.0 Å². The number of furan rings is 1. The van der Waals surface area contributed by atoms with Gasteiger partial charge in [-0.2, -0.15) is 0 Å². The molecule has 82 valence electrons. The van der Waals surface area contributed by atoms with Gasteiger partial charge >= 0.3 is 5.97 Å². The Labute approximate surface area is 96.1 Å². The van der Waals surface area contributed by atoms with Gasteiger partial charge in [0.15, 0.2) is 4.67 Å². The van der Waals surface area contributed by atoms with Gasteiger partial charge in [-0.3, -0.25) is 4.79 Å². The van der Waals surface area contributed by atoms with Gasteiger partial charge in [-0.05, 0) is 28.1 Å². The second-order valence-corrected chi connectivity index (χ2v) is 4.32. The fraction of sp³-hybridized carbons (Fsp3) is 0.500. The average molecular weight is 274 g/mol. The SMILES string of the molecule is COC(=O)[C@H]1CNC[C@@H]1c1ccc(Br)o1.